The number of nitrogens with zero attached hydrogens (tertiary/aromatic N) is 2. The van der Waals surface area contributed by atoms with Crippen LogP contribution in [0.3, 0.4) is 0 Å². The molecule has 26 heavy (non-hydrogen) atoms. The van der Waals surface area contributed by atoms with Crippen LogP contribution in [0.4, 0.5) is 5.95 Å². The molecule has 0 saturated carbocycles. The summed E-state index contributed by atoms with van der Waals surface area (Å²) in [6.45, 7) is 3.04. The first-order chi connectivity index (χ1) is 12.2. The molecule has 0 radical (unpaired) electrons. The Bertz CT molecular complexity index is 1120. The minimum atomic E-state index is -3.77. The fourth-order valence-corrected chi connectivity index (χ4v) is 3.69. The summed E-state index contributed by atoms with van der Waals surface area (Å²) >= 11 is 0. The van der Waals surface area contributed by atoms with Crippen LogP contribution in [0.25, 0.3) is 11.0 Å². The van der Waals surface area contributed by atoms with E-state index in [1.165, 1.54) is 32.0 Å². The van der Waals surface area contributed by atoms with E-state index in [-0.39, 0.29) is 22.6 Å². The predicted molar refractivity (Wildman–Crippen MR) is 98.7 cm³/mol. The van der Waals surface area contributed by atoms with Gasteiger partial charge in [0.05, 0.1) is 16.3 Å². The molecule has 0 amide bonds. The Morgan fingerprint density at radius 2 is 1.62 bits per heavy atom. The first kappa shape index (κ1) is 17.8. The quantitative estimate of drug-likeness (QED) is 0.544. The molecule has 0 spiro atoms. The number of benzene rings is 2. The molecule has 7 nitrogen and oxygen atoms in total. The van der Waals surface area contributed by atoms with Crippen LogP contribution in [-0.2, 0) is 10.0 Å². The van der Waals surface area contributed by atoms with Gasteiger partial charge in [-0.2, -0.15) is 0 Å². The van der Waals surface area contributed by atoms with Gasteiger partial charge in [0.15, 0.2) is 0 Å². The molecule has 0 saturated heterocycles. The van der Waals surface area contributed by atoms with E-state index in [1.54, 1.807) is 30.3 Å². The molecular weight excluding hydrogens is 354 g/mol. The van der Waals surface area contributed by atoms with Crippen molar-refractivity contribution >= 4 is 38.6 Å². The van der Waals surface area contributed by atoms with Crippen molar-refractivity contribution in [2.75, 3.05) is 5.73 Å². The van der Waals surface area contributed by atoms with E-state index in [4.69, 9.17) is 5.73 Å². The van der Waals surface area contributed by atoms with E-state index in [1.807, 2.05) is 0 Å². The molecule has 0 aliphatic carbocycles. The number of nitrogen functional groups attached to an aromatic ring is 1. The Hall–Kier alpha value is -3.00. The van der Waals surface area contributed by atoms with E-state index in [0.717, 1.165) is 3.97 Å². The van der Waals surface area contributed by atoms with Gasteiger partial charge in [0.25, 0.3) is 0 Å². The highest BCUT2D eigenvalue weighted by molar-refractivity contribution is 7.90. The van der Waals surface area contributed by atoms with Crippen molar-refractivity contribution in [2.45, 2.75) is 19.1 Å². The fraction of sp³-hybridized carbons (Fsp3) is 0.167. The Labute approximate surface area is 150 Å². The lowest BCUT2D eigenvalue weighted by molar-refractivity contribution is 0.0817. The van der Waals surface area contributed by atoms with Gasteiger partial charge >= 0.3 is 0 Å². The van der Waals surface area contributed by atoms with Crippen LogP contribution >= 0.6 is 0 Å². The highest BCUT2D eigenvalue weighted by Crippen LogP contribution is 2.24. The Balaban J connectivity index is 2.13. The Morgan fingerprint density at radius 1 is 1.00 bits per heavy atom. The summed E-state index contributed by atoms with van der Waals surface area (Å²) < 4.78 is 26.0. The van der Waals surface area contributed by atoms with Gasteiger partial charge in [-0.25, -0.2) is 17.4 Å². The third-order valence-corrected chi connectivity index (χ3v) is 6.08. The summed E-state index contributed by atoms with van der Waals surface area (Å²) in [4.78, 5) is 28.9. The maximum absolute atomic E-state index is 12.6. The highest BCUT2D eigenvalue weighted by Gasteiger charge is 2.26. The molecule has 0 bridgehead atoms. The number of carbonyl (C=O) groups excluding carboxylic acids is 2. The van der Waals surface area contributed by atoms with Crippen LogP contribution in [0, 0.1) is 0 Å². The second kappa shape index (κ2) is 6.38. The lowest BCUT2D eigenvalue weighted by Crippen LogP contribution is -2.24. The average molecular weight is 371 g/mol. The fourth-order valence-electron chi connectivity index (χ4n) is 2.54. The lowest BCUT2D eigenvalue weighted by Gasteiger charge is -2.11. The predicted octanol–water partition coefficient (Wildman–Crippen LogP) is 2.27. The average Bonchev–Trinajstić information content (AvgIpc) is 2.96. The largest absolute Gasteiger partial charge is 0.368 e. The van der Waals surface area contributed by atoms with Crippen LogP contribution in [0.1, 0.15) is 34.6 Å². The van der Waals surface area contributed by atoms with Crippen molar-refractivity contribution in [1.29, 1.82) is 0 Å². The molecule has 2 N–H and O–H groups in total. The number of fused-ring (bicyclic) bond motifs is 1. The van der Waals surface area contributed by atoms with Crippen molar-refractivity contribution in [2.24, 2.45) is 0 Å². The Kier molecular flexibility index (Phi) is 4.37. The van der Waals surface area contributed by atoms with Gasteiger partial charge in [0.2, 0.25) is 27.5 Å². The number of hydrogen-bond acceptors (Lipinski definition) is 6. The number of rotatable bonds is 5. The second-order valence-corrected chi connectivity index (χ2v) is 8.39. The SMILES string of the molecule is CC(C)S(=O)(=O)n1c(N)nc2ccc(C(=O)C(=O)c3ccccc3)cc21. The summed E-state index contributed by atoms with van der Waals surface area (Å²) in [6.07, 6.45) is 0. The van der Waals surface area contributed by atoms with Gasteiger partial charge in [0, 0.05) is 11.1 Å². The van der Waals surface area contributed by atoms with Gasteiger partial charge in [-0.05, 0) is 32.0 Å². The number of carbonyl (C=O) groups is 2. The number of aromatic nitrogens is 2. The summed E-state index contributed by atoms with van der Waals surface area (Å²) in [5, 5.41) is -0.729. The zero-order valence-corrected chi connectivity index (χ0v) is 15.0. The molecular formula is C18H17N3O4S. The third kappa shape index (κ3) is 2.88. The molecule has 8 heteroatoms. The summed E-state index contributed by atoms with van der Waals surface area (Å²) in [5.41, 5.74) is 6.61. The molecule has 0 aliphatic rings. The smallest absolute Gasteiger partial charge is 0.244 e. The number of ketones is 2. The lowest BCUT2D eigenvalue weighted by atomic mass is 10.0. The molecule has 0 unspecified atom stereocenters. The Morgan fingerprint density at radius 3 is 2.23 bits per heavy atom. The van der Waals surface area contributed by atoms with Crippen molar-refractivity contribution < 1.29 is 18.0 Å². The van der Waals surface area contributed by atoms with Crippen molar-refractivity contribution in [3.05, 3.63) is 59.7 Å². The van der Waals surface area contributed by atoms with Gasteiger partial charge in [0.1, 0.15) is 0 Å². The highest BCUT2D eigenvalue weighted by atomic mass is 32.2. The standard InChI is InChI=1S/C18H17N3O4S/c1-11(2)26(24,25)21-15-10-13(8-9-14(15)20-18(21)19)17(23)16(22)12-6-4-3-5-7-12/h3-11H,1-2H3,(H2,19,20). The molecule has 2 aromatic carbocycles. The topological polar surface area (TPSA) is 112 Å². The molecule has 3 aromatic rings. The van der Waals surface area contributed by atoms with E-state index in [9.17, 15) is 18.0 Å². The molecule has 1 heterocycles. The van der Waals surface area contributed by atoms with E-state index in [2.05, 4.69) is 4.98 Å². The molecule has 3 rings (SSSR count). The van der Waals surface area contributed by atoms with Crippen LogP contribution in [0.2, 0.25) is 0 Å². The van der Waals surface area contributed by atoms with E-state index < -0.39 is 26.8 Å². The van der Waals surface area contributed by atoms with Gasteiger partial charge < -0.3 is 5.73 Å². The van der Waals surface area contributed by atoms with E-state index in [0.29, 0.717) is 5.52 Å². The maximum atomic E-state index is 12.6. The number of imidazole rings is 1. The number of hydrogen-bond donors (Lipinski definition) is 1. The van der Waals surface area contributed by atoms with Crippen molar-refractivity contribution in [3.8, 4) is 0 Å². The maximum Gasteiger partial charge on any atom is 0.244 e. The normalized spacial score (nSPS) is 11.8. The summed E-state index contributed by atoms with van der Waals surface area (Å²) in [7, 11) is -3.77. The van der Waals surface area contributed by atoms with Crippen LogP contribution in [-0.4, -0.2) is 34.2 Å². The van der Waals surface area contributed by atoms with Crippen molar-refractivity contribution in [1.82, 2.24) is 8.96 Å². The first-order valence-corrected chi connectivity index (χ1v) is 9.40. The van der Waals surface area contributed by atoms with Crippen LogP contribution < -0.4 is 5.73 Å². The summed E-state index contributed by atoms with van der Waals surface area (Å²) in [6, 6.07) is 12.4. The van der Waals surface area contributed by atoms with Crippen LogP contribution in [0.5, 0.6) is 0 Å². The third-order valence-electron chi connectivity index (χ3n) is 3.99. The van der Waals surface area contributed by atoms with Crippen molar-refractivity contribution in [3.63, 3.8) is 0 Å². The van der Waals surface area contributed by atoms with Gasteiger partial charge in [-0.1, -0.05) is 30.3 Å². The zero-order chi connectivity index (χ0) is 19.1. The number of anilines is 1. The van der Waals surface area contributed by atoms with Crippen LogP contribution in [0.15, 0.2) is 48.5 Å². The first-order valence-electron chi connectivity index (χ1n) is 7.90. The van der Waals surface area contributed by atoms with Gasteiger partial charge in [-0.3, -0.25) is 9.59 Å². The minimum Gasteiger partial charge on any atom is -0.368 e. The molecule has 0 aliphatic heterocycles. The number of Topliss-reactive ketones (excluding diaryl/α,β-unsaturated/α-hetero) is 2. The molecule has 1 aromatic heterocycles. The van der Waals surface area contributed by atoms with E-state index >= 15 is 0 Å². The monoisotopic (exact) mass is 371 g/mol. The zero-order valence-electron chi connectivity index (χ0n) is 14.2. The summed E-state index contributed by atoms with van der Waals surface area (Å²) in [5.74, 6) is -1.59. The minimum absolute atomic E-state index is 0.0754. The molecule has 0 atom stereocenters. The molecule has 0 fully saturated rings. The molecule has 134 valence electrons. The second-order valence-electron chi connectivity index (χ2n) is 6.06. The number of nitrogens with two attached hydrogens (primary N) is 1. The van der Waals surface area contributed by atoms with Gasteiger partial charge in [-0.15, -0.1) is 0 Å².